The number of carboxylic acids is 2. The minimum Gasteiger partial charge on any atom is -0.550 e. The second-order valence-corrected chi connectivity index (χ2v) is 3.96. The van der Waals surface area contributed by atoms with Crippen molar-refractivity contribution < 1.29 is 29.3 Å². The first kappa shape index (κ1) is 14.8. The lowest BCUT2D eigenvalue weighted by Crippen LogP contribution is -2.29. The monoisotopic (exact) mass is 266 g/mol. The van der Waals surface area contributed by atoms with Gasteiger partial charge < -0.3 is 29.3 Å². The van der Waals surface area contributed by atoms with E-state index in [1.165, 1.54) is 14.2 Å². The molecule has 0 aromatic heterocycles. The van der Waals surface area contributed by atoms with Crippen LogP contribution in [0.5, 0.6) is 11.5 Å². The number of benzene rings is 1. The minimum atomic E-state index is -1.32. The zero-order valence-corrected chi connectivity index (χ0v) is 10.7. The van der Waals surface area contributed by atoms with Gasteiger partial charge in [0.1, 0.15) is 0 Å². The summed E-state index contributed by atoms with van der Waals surface area (Å²) in [5.74, 6) is -2.48. The van der Waals surface area contributed by atoms with E-state index in [1.54, 1.807) is 18.2 Å². The fourth-order valence-corrected chi connectivity index (χ4v) is 1.82. The molecular formula is C13H14O6-2. The summed E-state index contributed by atoms with van der Waals surface area (Å²) in [6, 6.07) is 4.74. The second-order valence-electron chi connectivity index (χ2n) is 3.96. The molecule has 0 saturated heterocycles. The van der Waals surface area contributed by atoms with Crippen LogP contribution in [-0.2, 0) is 9.59 Å². The first-order valence-electron chi connectivity index (χ1n) is 5.59. The molecule has 6 heteroatoms. The lowest BCUT2D eigenvalue weighted by molar-refractivity contribution is -0.308. The van der Waals surface area contributed by atoms with Gasteiger partial charge in [-0.1, -0.05) is 6.07 Å². The van der Waals surface area contributed by atoms with Crippen molar-refractivity contribution >= 4 is 11.9 Å². The smallest absolute Gasteiger partial charge is 0.160 e. The first-order valence-corrected chi connectivity index (χ1v) is 5.59. The fraction of sp³-hybridized carbons (Fsp3) is 0.385. The van der Waals surface area contributed by atoms with Gasteiger partial charge in [-0.15, -0.1) is 0 Å². The van der Waals surface area contributed by atoms with Crippen LogP contribution in [-0.4, -0.2) is 26.2 Å². The third-order valence-corrected chi connectivity index (χ3v) is 2.71. The highest BCUT2D eigenvalue weighted by molar-refractivity contribution is 5.70. The van der Waals surface area contributed by atoms with E-state index in [-0.39, 0.29) is 0 Å². The third-order valence-electron chi connectivity index (χ3n) is 2.71. The van der Waals surface area contributed by atoms with Crippen LogP contribution in [0.25, 0.3) is 0 Å². The van der Waals surface area contributed by atoms with Crippen LogP contribution in [0.1, 0.15) is 24.3 Å². The predicted octanol–water partition coefficient (Wildman–Crippen LogP) is -0.933. The van der Waals surface area contributed by atoms with E-state index in [1.807, 2.05) is 0 Å². The van der Waals surface area contributed by atoms with Gasteiger partial charge in [-0.2, -0.15) is 0 Å². The molecule has 0 amide bonds. The van der Waals surface area contributed by atoms with Crippen molar-refractivity contribution in [1.82, 2.24) is 0 Å². The SMILES string of the molecule is COc1ccc(C(CC(=O)[O-])CC(=O)[O-])cc1OC. The number of carbonyl (C=O) groups is 2. The molecule has 0 heterocycles. The molecule has 0 atom stereocenters. The average Bonchev–Trinajstić information content (AvgIpc) is 2.36. The summed E-state index contributed by atoms with van der Waals surface area (Å²) < 4.78 is 10.1. The zero-order chi connectivity index (χ0) is 14.4. The molecule has 0 saturated carbocycles. The molecule has 0 radical (unpaired) electrons. The minimum absolute atomic E-state index is 0.399. The number of carboxylic acid groups (broad SMARTS) is 2. The predicted molar refractivity (Wildman–Crippen MR) is 61.5 cm³/mol. The van der Waals surface area contributed by atoms with Crippen LogP contribution in [0, 0.1) is 0 Å². The van der Waals surface area contributed by atoms with E-state index < -0.39 is 30.7 Å². The molecule has 19 heavy (non-hydrogen) atoms. The molecule has 0 aliphatic heterocycles. The number of methoxy groups -OCH3 is 2. The van der Waals surface area contributed by atoms with Crippen molar-refractivity contribution in [3.8, 4) is 11.5 Å². The molecule has 104 valence electrons. The molecule has 1 aromatic rings. The first-order chi connectivity index (χ1) is 8.97. The second kappa shape index (κ2) is 6.63. The molecule has 1 rings (SSSR count). The van der Waals surface area contributed by atoms with E-state index >= 15 is 0 Å². The Morgan fingerprint density at radius 3 is 2.00 bits per heavy atom. The standard InChI is InChI=1S/C13H16O6/c1-18-10-4-3-8(5-11(10)19-2)9(6-12(14)15)7-13(16)17/h3-5,9H,6-7H2,1-2H3,(H,14,15)(H,16,17)/p-2. The van der Waals surface area contributed by atoms with Crippen LogP contribution in [0.15, 0.2) is 18.2 Å². The van der Waals surface area contributed by atoms with Gasteiger partial charge in [-0.05, 0) is 36.5 Å². The quantitative estimate of drug-likeness (QED) is 0.632. The molecule has 0 aliphatic carbocycles. The molecular weight excluding hydrogens is 252 g/mol. The highest BCUT2D eigenvalue weighted by Gasteiger charge is 2.15. The van der Waals surface area contributed by atoms with E-state index in [0.717, 1.165) is 0 Å². The maximum Gasteiger partial charge on any atom is 0.160 e. The number of ether oxygens (including phenoxy) is 2. The number of hydrogen-bond acceptors (Lipinski definition) is 6. The van der Waals surface area contributed by atoms with Crippen LogP contribution in [0.2, 0.25) is 0 Å². The summed E-state index contributed by atoms with van der Waals surface area (Å²) in [7, 11) is 2.91. The maximum absolute atomic E-state index is 10.7. The Hall–Kier alpha value is -2.24. The Labute approximate surface area is 110 Å². The summed E-state index contributed by atoms with van der Waals surface area (Å²) in [6.07, 6.45) is -0.799. The van der Waals surface area contributed by atoms with Crippen molar-refractivity contribution in [1.29, 1.82) is 0 Å². The lowest BCUT2D eigenvalue weighted by Gasteiger charge is -2.20. The van der Waals surface area contributed by atoms with Crippen molar-refractivity contribution in [2.75, 3.05) is 14.2 Å². The Bertz CT molecular complexity index is 452. The molecule has 0 bridgehead atoms. The number of aliphatic carboxylic acids is 2. The lowest BCUT2D eigenvalue weighted by atomic mass is 9.92. The fourth-order valence-electron chi connectivity index (χ4n) is 1.82. The third kappa shape index (κ3) is 4.17. The summed E-state index contributed by atoms with van der Waals surface area (Å²) in [4.78, 5) is 21.3. The Balaban J connectivity index is 3.07. The van der Waals surface area contributed by atoms with Gasteiger partial charge in [-0.25, -0.2) is 0 Å². The van der Waals surface area contributed by atoms with Gasteiger partial charge in [0.2, 0.25) is 0 Å². The average molecular weight is 266 g/mol. The zero-order valence-electron chi connectivity index (χ0n) is 10.7. The Morgan fingerprint density at radius 2 is 1.58 bits per heavy atom. The van der Waals surface area contributed by atoms with E-state index in [4.69, 9.17) is 9.47 Å². The van der Waals surface area contributed by atoms with E-state index in [9.17, 15) is 19.8 Å². The van der Waals surface area contributed by atoms with Crippen molar-refractivity contribution in [3.63, 3.8) is 0 Å². The Morgan fingerprint density at radius 1 is 1.05 bits per heavy atom. The van der Waals surface area contributed by atoms with Crippen LogP contribution < -0.4 is 19.7 Å². The van der Waals surface area contributed by atoms with E-state index in [2.05, 4.69) is 0 Å². The topological polar surface area (TPSA) is 98.7 Å². The summed E-state index contributed by atoms with van der Waals surface area (Å²) in [6.45, 7) is 0. The molecule has 0 fully saturated rings. The van der Waals surface area contributed by atoms with Gasteiger partial charge >= 0.3 is 0 Å². The highest BCUT2D eigenvalue weighted by atomic mass is 16.5. The Kier molecular flexibility index (Phi) is 5.17. The van der Waals surface area contributed by atoms with Crippen molar-refractivity contribution in [2.24, 2.45) is 0 Å². The molecule has 0 spiro atoms. The largest absolute Gasteiger partial charge is 0.550 e. The van der Waals surface area contributed by atoms with Gasteiger partial charge in [0.05, 0.1) is 14.2 Å². The van der Waals surface area contributed by atoms with Gasteiger partial charge in [0.25, 0.3) is 0 Å². The summed E-state index contributed by atoms with van der Waals surface area (Å²) in [5, 5.41) is 21.3. The van der Waals surface area contributed by atoms with Crippen LogP contribution in [0.3, 0.4) is 0 Å². The number of carbonyl (C=O) groups excluding carboxylic acids is 2. The molecule has 6 nitrogen and oxygen atoms in total. The van der Waals surface area contributed by atoms with Crippen molar-refractivity contribution in [3.05, 3.63) is 23.8 Å². The molecule has 1 aromatic carbocycles. The molecule has 0 unspecified atom stereocenters. The van der Waals surface area contributed by atoms with Gasteiger partial charge in [0.15, 0.2) is 11.5 Å². The van der Waals surface area contributed by atoms with Gasteiger partial charge in [-0.3, -0.25) is 0 Å². The number of hydrogen-bond donors (Lipinski definition) is 0. The highest BCUT2D eigenvalue weighted by Crippen LogP contribution is 2.32. The van der Waals surface area contributed by atoms with Crippen molar-refractivity contribution in [2.45, 2.75) is 18.8 Å². The normalized spacial score (nSPS) is 10.3. The van der Waals surface area contributed by atoms with Crippen LogP contribution in [0.4, 0.5) is 0 Å². The summed E-state index contributed by atoms with van der Waals surface area (Å²) in [5.41, 5.74) is 0.519. The molecule has 0 aliphatic rings. The number of rotatable bonds is 7. The molecule has 0 N–H and O–H groups in total. The van der Waals surface area contributed by atoms with E-state index in [0.29, 0.717) is 17.1 Å². The maximum atomic E-state index is 10.7. The van der Waals surface area contributed by atoms with Crippen LogP contribution >= 0.6 is 0 Å². The van der Waals surface area contributed by atoms with Gasteiger partial charge in [0, 0.05) is 11.9 Å². The summed E-state index contributed by atoms with van der Waals surface area (Å²) >= 11 is 0.